The van der Waals surface area contributed by atoms with Gasteiger partial charge in [-0.3, -0.25) is 4.79 Å². The molecule has 3 nitrogen and oxygen atoms in total. The van der Waals surface area contributed by atoms with Crippen LogP contribution in [-0.2, 0) is 23.9 Å². The third-order valence-corrected chi connectivity index (χ3v) is 5.06. The number of carbonyl (C=O) groups is 1. The van der Waals surface area contributed by atoms with Gasteiger partial charge in [0, 0.05) is 22.9 Å². The Kier molecular flexibility index (Phi) is 5.19. The molecule has 25 heavy (non-hydrogen) atoms. The highest BCUT2D eigenvalue weighted by Gasteiger charge is 2.29. The Morgan fingerprint density at radius 1 is 1.12 bits per heavy atom. The monoisotopic (exact) mass is 382 g/mol. The second kappa shape index (κ2) is 7.37. The van der Waals surface area contributed by atoms with Gasteiger partial charge in [0.1, 0.15) is 5.01 Å². The molecule has 2 aromatic heterocycles. The molecule has 0 spiro atoms. The predicted molar refractivity (Wildman–Crippen MR) is 92.4 cm³/mol. The van der Waals surface area contributed by atoms with E-state index in [1.807, 2.05) is 22.2 Å². The normalized spacial score (nSPS) is 11.5. The van der Waals surface area contributed by atoms with E-state index in [-0.39, 0.29) is 18.9 Å². The smallest absolute Gasteiger partial charge is 0.352 e. The van der Waals surface area contributed by atoms with E-state index in [1.54, 1.807) is 11.3 Å². The second-order valence-corrected chi connectivity index (χ2v) is 6.94. The number of amides is 1. The number of rotatable bonds is 5. The lowest BCUT2D eigenvalue weighted by Crippen LogP contribution is -2.24. The number of hydrogen-bond donors (Lipinski definition) is 1. The molecule has 0 aliphatic heterocycles. The lowest BCUT2D eigenvalue weighted by atomic mass is 10.1. The summed E-state index contributed by atoms with van der Waals surface area (Å²) in [4.78, 5) is 16.4. The molecule has 3 aromatic rings. The summed E-state index contributed by atoms with van der Waals surface area (Å²) >= 11 is 3.06. The van der Waals surface area contributed by atoms with Gasteiger partial charge in [0.2, 0.25) is 5.91 Å². The van der Waals surface area contributed by atoms with Crippen molar-refractivity contribution in [3.05, 3.63) is 63.3 Å². The fraction of sp³-hybridized carbons (Fsp3) is 0.176. The largest absolute Gasteiger partial charge is 0.416 e. The molecule has 8 heteroatoms. The minimum absolute atomic E-state index is 0.140. The van der Waals surface area contributed by atoms with Crippen molar-refractivity contribution in [2.24, 2.45) is 0 Å². The van der Waals surface area contributed by atoms with Crippen molar-refractivity contribution in [1.82, 2.24) is 10.3 Å². The number of aromatic nitrogens is 1. The van der Waals surface area contributed by atoms with Crippen LogP contribution in [0.25, 0.3) is 10.6 Å². The number of halogens is 3. The van der Waals surface area contributed by atoms with E-state index in [0.717, 1.165) is 22.7 Å². The van der Waals surface area contributed by atoms with Crippen LogP contribution in [0.4, 0.5) is 13.2 Å². The van der Waals surface area contributed by atoms with Gasteiger partial charge >= 0.3 is 6.18 Å². The summed E-state index contributed by atoms with van der Waals surface area (Å²) in [5.74, 6) is -0.220. The first-order chi connectivity index (χ1) is 11.9. The molecule has 0 atom stereocenters. The molecule has 0 aliphatic carbocycles. The fourth-order valence-corrected chi connectivity index (χ4v) is 3.68. The maximum Gasteiger partial charge on any atom is 0.416 e. The molecule has 0 radical (unpaired) electrons. The van der Waals surface area contributed by atoms with Crippen molar-refractivity contribution < 1.29 is 18.0 Å². The Labute approximate surface area is 150 Å². The van der Waals surface area contributed by atoms with Gasteiger partial charge in [-0.15, -0.1) is 11.3 Å². The van der Waals surface area contributed by atoms with Gasteiger partial charge in [-0.2, -0.15) is 24.5 Å². The zero-order chi connectivity index (χ0) is 17.9. The predicted octanol–water partition coefficient (Wildman–Crippen LogP) is 4.75. The van der Waals surface area contributed by atoms with Gasteiger partial charge in [-0.1, -0.05) is 12.1 Å². The summed E-state index contributed by atoms with van der Waals surface area (Å²) in [6, 6.07) is 6.71. The number of benzene rings is 1. The molecule has 0 fully saturated rings. The first-order valence-corrected chi connectivity index (χ1v) is 9.14. The van der Waals surface area contributed by atoms with Gasteiger partial charge in [0.25, 0.3) is 0 Å². The number of nitrogens with one attached hydrogen (secondary N) is 1. The Morgan fingerprint density at radius 3 is 2.52 bits per heavy atom. The Balaban J connectivity index is 1.53. The molecule has 3 rings (SSSR count). The standard InChI is InChI=1S/C17H13F3N2OS2/c18-17(19,20)13-3-1-11(2-4-13)8-21-15(23)7-14-10-25-16(22-14)12-5-6-24-9-12/h1-6,9-10H,7-8H2,(H,21,23). The highest BCUT2D eigenvalue weighted by atomic mass is 32.1. The van der Waals surface area contributed by atoms with Crippen LogP contribution in [-0.4, -0.2) is 10.9 Å². The number of carbonyl (C=O) groups excluding carboxylic acids is 1. The van der Waals surface area contributed by atoms with E-state index in [0.29, 0.717) is 11.3 Å². The van der Waals surface area contributed by atoms with Crippen molar-refractivity contribution in [2.75, 3.05) is 0 Å². The topological polar surface area (TPSA) is 42.0 Å². The molecule has 0 saturated heterocycles. The van der Waals surface area contributed by atoms with Crippen molar-refractivity contribution in [2.45, 2.75) is 19.1 Å². The number of thiophene rings is 1. The average Bonchev–Trinajstić information content (AvgIpc) is 3.23. The van der Waals surface area contributed by atoms with Gasteiger partial charge in [-0.05, 0) is 29.1 Å². The molecule has 130 valence electrons. The molecule has 0 unspecified atom stereocenters. The zero-order valence-corrected chi connectivity index (χ0v) is 14.5. The number of nitrogens with zero attached hydrogens (tertiary/aromatic N) is 1. The summed E-state index contributed by atoms with van der Waals surface area (Å²) in [6.45, 7) is 0.179. The van der Waals surface area contributed by atoms with Gasteiger partial charge in [0.15, 0.2) is 0 Å². The van der Waals surface area contributed by atoms with Crippen LogP contribution in [0.1, 0.15) is 16.8 Å². The summed E-state index contributed by atoms with van der Waals surface area (Å²) in [5.41, 5.74) is 1.62. The number of thiazole rings is 1. The minimum atomic E-state index is -4.35. The van der Waals surface area contributed by atoms with Gasteiger partial charge < -0.3 is 5.32 Å². The highest BCUT2D eigenvalue weighted by Crippen LogP contribution is 2.29. The van der Waals surface area contributed by atoms with Crippen LogP contribution in [0.5, 0.6) is 0 Å². The first-order valence-electron chi connectivity index (χ1n) is 7.31. The number of hydrogen-bond acceptors (Lipinski definition) is 4. The summed E-state index contributed by atoms with van der Waals surface area (Å²) in [7, 11) is 0. The van der Waals surface area contributed by atoms with Gasteiger partial charge in [0.05, 0.1) is 17.7 Å². The average molecular weight is 382 g/mol. The number of alkyl halides is 3. The van der Waals surface area contributed by atoms with Crippen LogP contribution >= 0.6 is 22.7 Å². The van der Waals surface area contributed by atoms with Crippen molar-refractivity contribution in [3.63, 3.8) is 0 Å². The minimum Gasteiger partial charge on any atom is -0.352 e. The third-order valence-electron chi connectivity index (χ3n) is 3.43. The maximum absolute atomic E-state index is 12.5. The lowest BCUT2D eigenvalue weighted by molar-refractivity contribution is -0.137. The van der Waals surface area contributed by atoms with E-state index in [9.17, 15) is 18.0 Å². The van der Waals surface area contributed by atoms with E-state index in [1.165, 1.54) is 23.5 Å². The quantitative estimate of drug-likeness (QED) is 0.692. The molecule has 1 aromatic carbocycles. The van der Waals surface area contributed by atoms with Crippen molar-refractivity contribution >= 4 is 28.6 Å². The van der Waals surface area contributed by atoms with Crippen LogP contribution in [0.2, 0.25) is 0 Å². The SMILES string of the molecule is O=C(Cc1csc(-c2ccsc2)n1)NCc1ccc(C(F)(F)F)cc1. The summed E-state index contributed by atoms with van der Waals surface area (Å²) in [5, 5.41) is 9.36. The Hall–Kier alpha value is -2.19. The maximum atomic E-state index is 12.5. The lowest BCUT2D eigenvalue weighted by Gasteiger charge is -2.08. The molecule has 0 aliphatic rings. The molecule has 0 saturated carbocycles. The summed E-state index contributed by atoms with van der Waals surface area (Å²) < 4.78 is 37.5. The molecule has 1 N–H and O–H groups in total. The van der Waals surface area contributed by atoms with Gasteiger partial charge in [-0.25, -0.2) is 4.98 Å². The molecular weight excluding hydrogens is 369 g/mol. The van der Waals surface area contributed by atoms with Crippen molar-refractivity contribution in [1.29, 1.82) is 0 Å². The van der Waals surface area contributed by atoms with Crippen LogP contribution < -0.4 is 5.32 Å². The van der Waals surface area contributed by atoms with Crippen LogP contribution in [0, 0.1) is 0 Å². The second-order valence-electron chi connectivity index (χ2n) is 5.30. The molecule has 2 heterocycles. The third kappa shape index (κ3) is 4.67. The zero-order valence-electron chi connectivity index (χ0n) is 12.8. The van der Waals surface area contributed by atoms with E-state index < -0.39 is 11.7 Å². The Bertz CT molecular complexity index is 840. The molecule has 0 bridgehead atoms. The van der Waals surface area contributed by atoms with Crippen LogP contribution in [0.15, 0.2) is 46.5 Å². The highest BCUT2D eigenvalue weighted by molar-refractivity contribution is 7.14. The van der Waals surface area contributed by atoms with E-state index in [4.69, 9.17) is 0 Å². The fourth-order valence-electron chi connectivity index (χ4n) is 2.15. The van der Waals surface area contributed by atoms with E-state index in [2.05, 4.69) is 10.3 Å². The Morgan fingerprint density at radius 2 is 1.88 bits per heavy atom. The van der Waals surface area contributed by atoms with E-state index >= 15 is 0 Å². The molecule has 1 amide bonds. The molecular formula is C17H13F3N2OS2. The van der Waals surface area contributed by atoms with Crippen molar-refractivity contribution in [3.8, 4) is 10.6 Å². The first kappa shape index (κ1) is 17.6. The van der Waals surface area contributed by atoms with Crippen LogP contribution in [0.3, 0.4) is 0 Å². The summed E-state index contributed by atoms with van der Waals surface area (Å²) in [6.07, 6.45) is -4.21.